The van der Waals surface area contributed by atoms with Gasteiger partial charge in [0, 0.05) is 0 Å². The van der Waals surface area contributed by atoms with E-state index in [9.17, 15) is 9.59 Å². The van der Waals surface area contributed by atoms with Crippen LogP contribution in [0.3, 0.4) is 0 Å². The number of hydrogen-bond donors (Lipinski definition) is 2. The second kappa shape index (κ2) is 7.33. The van der Waals surface area contributed by atoms with Gasteiger partial charge < -0.3 is 10.4 Å². The molecule has 5 heteroatoms. The molecule has 0 aromatic carbocycles. The van der Waals surface area contributed by atoms with Crippen LogP contribution in [0.2, 0.25) is 0 Å². The Morgan fingerprint density at radius 2 is 2.06 bits per heavy atom. The van der Waals surface area contributed by atoms with Crippen LogP contribution in [0.15, 0.2) is 0 Å². The molecule has 0 saturated heterocycles. The molecule has 0 spiro atoms. The van der Waals surface area contributed by atoms with E-state index >= 15 is 0 Å². The van der Waals surface area contributed by atoms with Crippen LogP contribution in [0.4, 0.5) is 0 Å². The maximum absolute atomic E-state index is 11.5. The zero-order valence-corrected chi connectivity index (χ0v) is 9.06. The zero-order valence-electron chi connectivity index (χ0n) is 9.06. The summed E-state index contributed by atoms with van der Waals surface area (Å²) < 4.78 is 0. The molecule has 1 amide bonds. The van der Waals surface area contributed by atoms with Crippen LogP contribution < -0.4 is 5.32 Å². The van der Waals surface area contributed by atoms with E-state index in [-0.39, 0.29) is 25.5 Å². The van der Waals surface area contributed by atoms with Crippen LogP contribution >= 0.6 is 0 Å². The molecule has 0 bridgehead atoms. The fourth-order valence-corrected chi connectivity index (χ4v) is 1.07. The number of amides is 1. The van der Waals surface area contributed by atoms with E-state index < -0.39 is 12.0 Å². The average molecular weight is 222 g/mol. The summed E-state index contributed by atoms with van der Waals surface area (Å²) in [4.78, 5) is 23.4. The van der Waals surface area contributed by atoms with Crippen LogP contribution in [-0.2, 0) is 9.59 Å². The molecule has 0 aromatic heterocycles. The highest BCUT2D eigenvalue weighted by molar-refractivity contribution is 5.82. The lowest BCUT2D eigenvalue weighted by molar-refractivity contribution is -0.139. The van der Waals surface area contributed by atoms with Crippen molar-refractivity contribution in [2.75, 3.05) is 19.6 Å². The van der Waals surface area contributed by atoms with Crippen molar-refractivity contribution < 1.29 is 14.7 Å². The van der Waals surface area contributed by atoms with Crippen LogP contribution in [-0.4, -0.2) is 47.6 Å². The summed E-state index contributed by atoms with van der Waals surface area (Å²) in [6, 6.07) is -0.625. The average Bonchev–Trinajstić information content (AvgIpc) is 2.23. The van der Waals surface area contributed by atoms with E-state index in [0.717, 1.165) is 0 Å². The highest BCUT2D eigenvalue weighted by atomic mass is 16.4. The Bertz CT molecular complexity index is 338. The molecule has 0 rings (SSSR count). The van der Waals surface area contributed by atoms with E-state index in [4.69, 9.17) is 18.0 Å². The second-order valence-electron chi connectivity index (χ2n) is 3.10. The first-order valence-electron chi connectivity index (χ1n) is 4.63. The molecule has 0 radical (unpaired) electrons. The first-order valence-corrected chi connectivity index (χ1v) is 4.63. The van der Waals surface area contributed by atoms with Gasteiger partial charge in [-0.2, -0.15) is 0 Å². The Hall–Kier alpha value is -1.98. The van der Waals surface area contributed by atoms with Crippen LogP contribution in [0, 0.1) is 24.7 Å². The summed E-state index contributed by atoms with van der Waals surface area (Å²) >= 11 is 0. The molecule has 1 unspecified atom stereocenters. The predicted molar refractivity (Wildman–Crippen MR) is 59.3 cm³/mol. The molecule has 0 saturated carbocycles. The van der Waals surface area contributed by atoms with Gasteiger partial charge in [0.2, 0.25) is 5.91 Å². The summed E-state index contributed by atoms with van der Waals surface area (Å²) in [5.74, 6) is 3.19. The van der Waals surface area contributed by atoms with Gasteiger partial charge in [-0.05, 0) is 6.92 Å². The van der Waals surface area contributed by atoms with Crippen molar-refractivity contribution in [1.82, 2.24) is 10.2 Å². The summed E-state index contributed by atoms with van der Waals surface area (Å²) in [6.45, 7) is 1.50. The van der Waals surface area contributed by atoms with Gasteiger partial charge in [0.1, 0.15) is 0 Å². The topological polar surface area (TPSA) is 69.6 Å². The molecular formula is C11H14N2O3. The number of nitrogens with zero attached hydrogens (tertiary/aromatic N) is 1. The molecule has 0 aliphatic heterocycles. The molecule has 1 atom stereocenters. The first kappa shape index (κ1) is 14.0. The molecule has 2 N–H and O–H groups in total. The van der Waals surface area contributed by atoms with Crippen molar-refractivity contribution in [3.63, 3.8) is 0 Å². The Morgan fingerprint density at radius 3 is 2.50 bits per heavy atom. The molecule has 0 fully saturated rings. The van der Waals surface area contributed by atoms with Crippen molar-refractivity contribution in [3.05, 3.63) is 0 Å². The Kier molecular flexibility index (Phi) is 6.42. The van der Waals surface area contributed by atoms with Gasteiger partial charge in [-0.25, -0.2) is 0 Å². The van der Waals surface area contributed by atoms with E-state index in [0.29, 0.717) is 0 Å². The quantitative estimate of drug-likeness (QED) is 0.574. The summed E-state index contributed by atoms with van der Waals surface area (Å²) in [5.41, 5.74) is 0. The van der Waals surface area contributed by atoms with E-state index in [1.165, 1.54) is 4.90 Å². The van der Waals surface area contributed by atoms with Crippen molar-refractivity contribution in [2.24, 2.45) is 0 Å². The fraction of sp³-hybridized carbons (Fsp3) is 0.455. The first-order chi connectivity index (χ1) is 7.52. The van der Waals surface area contributed by atoms with Gasteiger partial charge in [-0.3, -0.25) is 14.5 Å². The minimum Gasteiger partial charge on any atom is -0.480 e. The SMILES string of the molecule is C#CCNC(=O)C(C)N(CC#C)CC(=O)O. The molecule has 0 heterocycles. The van der Waals surface area contributed by atoms with Crippen molar-refractivity contribution in [3.8, 4) is 24.7 Å². The maximum Gasteiger partial charge on any atom is 0.317 e. The number of nitrogens with one attached hydrogen (secondary N) is 1. The van der Waals surface area contributed by atoms with E-state index in [2.05, 4.69) is 17.2 Å². The Morgan fingerprint density at radius 1 is 1.44 bits per heavy atom. The summed E-state index contributed by atoms with van der Waals surface area (Å²) in [7, 11) is 0. The summed E-state index contributed by atoms with van der Waals surface area (Å²) in [6.07, 6.45) is 10.1. The molecule has 0 aliphatic carbocycles. The van der Waals surface area contributed by atoms with E-state index in [1.807, 2.05) is 0 Å². The third-order valence-corrected chi connectivity index (χ3v) is 1.92. The smallest absolute Gasteiger partial charge is 0.317 e. The standard InChI is InChI=1S/C11H14N2O3/c1-4-6-12-11(16)9(3)13(7-5-2)8-10(14)15/h1-2,9H,6-8H2,3H3,(H,12,16)(H,14,15). The number of terminal acetylenes is 2. The molecule has 0 aliphatic rings. The highest BCUT2D eigenvalue weighted by Gasteiger charge is 2.21. The van der Waals surface area contributed by atoms with Crippen molar-refractivity contribution in [2.45, 2.75) is 13.0 Å². The number of carboxylic acid groups (broad SMARTS) is 1. The van der Waals surface area contributed by atoms with Crippen LogP contribution in [0.1, 0.15) is 6.92 Å². The van der Waals surface area contributed by atoms with Gasteiger partial charge in [0.15, 0.2) is 0 Å². The minimum atomic E-state index is -1.04. The normalized spacial score (nSPS) is 11.2. The molecule has 5 nitrogen and oxygen atoms in total. The minimum absolute atomic E-state index is 0.0942. The number of rotatable bonds is 6. The second-order valence-corrected chi connectivity index (χ2v) is 3.10. The lowest BCUT2D eigenvalue weighted by Gasteiger charge is -2.24. The van der Waals surface area contributed by atoms with Crippen molar-refractivity contribution in [1.29, 1.82) is 0 Å². The highest BCUT2D eigenvalue weighted by Crippen LogP contribution is 1.98. The van der Waals surface area contributed by atoms with Gasteiger partial charge in [-0.15, -0.1) is 12.8 Å². The van der Waals surface area contributed by atoms with Gasteiger partial charge in [0.25, 0.3) is 0 Å². The number of carbonyl (C=O) groups excluding carboxylic acids is 1. The predicted octanol–water partition coefficient (Wildman–Crippen LogP) is -0.856. The van der Waals surface area contributed by atoms with Crippen molar-refractivity contribution >= 4 is 11.9 Å². The third-order valence-electron chi connectivity index (χ3n) is 1.92. The summed E-state index contributed by atoms with van der Waals surface area (Å²) in [5, 5.41) is 11.1. The number of carbonyl (C=O) groups is 2. The number of carboxylic acids is 1. The van der Waals surface area contributed by atoms with E-state index in [1.54, 1.807) is 6.92 Å². The monoisotopic (exact) mass is 222 g/mol. The third kappa shape index (κ3) is 5.04. The number of aliphatic carboxylic acids is 1. The van der Waals surface area contributed by atoms with Gasteiger partial charge in [0.05, 0.1) is 25.7 Å². The molecule has 0 aromatic rings. The molecule has 86 valence electrons. The lowest BCUT2D eigenvalue weighted by Crippen LogP contribution is -2.47. The van der Waals surface area contributed by atoms with Gasteiger partial charge in [-0.1, -0.05) is 11.8 Å². The zero-order chi connectivity index (χ0) is 12.6. The molecule has 16 heavy (non-hydrogen) atoms. The van der Waals surface area contributed by atoms with Gasteiger partial charge >= 0.3 is 5.97 Å². The number of hydrogen-bond acceptors (Lipinski definition) is 3. The fourth-order valence-electron chi connectivity index (χ4n) is 1.07. The lowest BCUT2D eigenvalue weighted by atomic mass is 10.2. The largest absolute Gasteiger partial charge is 0.480 e. The maximum atomic E-state index is 11.5. The van der Waals surface area contributed by atoms with Crippen LogP contribution in [0.5, 0.6) is 0 Å². The Balaban J connectivity index is 4.43. The van der Waals surface area contributed by atoms with Crippen LogP contribution in [0.25, 0.3) is 0 Å². The Labute approximate surface area is 94.8 Å². The molecular weight excluding hydrogens is 208 g/mol.